The van der Waals surface area contributed by atoms with Gasteiger partial charge in [0, 0.05) is 36.4 Å². The van der Waals surface area contributed by atoms with Crippen molar-refractivity contribution in [2.45, 2.75) is 46.7 Å². The van der Waals surface area contributed by atoms with E-state index in [1.54, 1.807) is 0 Å². The minimum absolute atomic E-state index is 0.152. The Bertz CT molecular complexity index is 423. The Morgan fingerprint density at radius 3 is 2.21 bits per heavy atom. The van der Waals surface area contributed by atoms with Crippen LogP contribution in [0.15, 0.2) is 18.2 Å². The summed E-state index contributed by atoms with van der Waals surface area (Å²) >= 11 is 0. The van der Waals surface area contributed by atoms with E-state index in [0.717, 1.165) is 11.3 Å². The van der Waals surface area contributed by atoms with Crippen LogP contribution in [0.4, 0.5) is 5.69 Å². The lowest BCUT2D eigenvalue weighted by molar-refractivity contribution is 0.329. The molecule has 3 nitrogen and oxygen atoms in total. The van der Waals surface area contributed by atoms with Gasteiger partial charge in [-0.2, -0.15) is 0 Å². The molecule has 0 spiro atoms. The van der Waals surface area contributed by atoms with Gasteiger partial charge in [-0.05, 0) is 32.4 Å². The summed E-state index contributed by atoms with van der Waals surface area (Å²) in [4.78, 5) is 2.22. The number of phenolic OH excluding ortho intramolecular Hbond substituents is 1. The second-order valence-electron chi connectivity index (χ2n) is 6.41. The van der Waals surface area contributed by atoms with Gasteiger partial charge in [0.25, 0.3) is 0 Å². The minimum atomic E-state index is 0.152. The highest BCUT2D eigenvalue weighted by Crippen LogP contribution is 2.32. The number of anilines is 1. The maximum atomic E-state index is 10.2. The number of hydrogen-bond acceptors (Lipinski definition) is 3. The van der Waals surface area contributed by atoms with Gasteiger partial charge in [-0.1, -0.05) is 26.8 Å². The van der Waals surface area contributed by atoms with Gasteiger partial charge in [-0.3, -0.25) is 0 Å². The highest BCUT2D eigenvalue weighted by Gasteiger charge is 2.24. The SMILES string of the molecule is CNC(C)c1ccc(N(C)C(C)C(C)(C)C)cc1O. The third kappa shape index (κ3) is 3.63. The molecule has 0 amide bonds. The monoisotopic (exact) mass is 264 g/mol. The van der Waals surface area contributed by atoms with Crippen molar-refractivity contribution in [3.63, 3.8) is 0 Å². The van der Waals surface area contributed by atoms with Crippen LogP contribution in [0.3, 0.4) is 0 Å². The number of aromatic hydroxyl groups is 1. The normalized spacial score (nSPS) is 15.1. The Balaban J connectivity index is 3.01. The molecule has 2 atom stereocenters. The Kier molecular flexibility index (Phi) is 4.86. The lowest BCUT2D eigenvalue weighted by Crippen LogP contribution is -2.39. The standard InChI is InChI=1S/C16H28N2O/c1-11(17-6)14-9-8-13(10-15(14)19)18(7)12(2)16(3,4)5/h8-12,17,19H,1-7H3. The van der Waals surface area contributed by atoms with Crippen LogP contribution in [0, 0.1) is 5.41 Å². The van der Waals surface area contributed by atoms with Crippen LogP contribution in [-0.4, -0.2) is 25.2 Å². The van der Waals surface area contributed by atoms with E-state index in [1.807, 2.05) is 26.1 Å². The molecule has 0 aliphatic rings. The largest absolute Gasteiger partial charge is 0.508 e. The minimum Gasteiger partial charge on any atom is -0.508 e. The van der Waals surface area contributed by atoms with Crippen molar-refractivity contribution in [1.29, 1.82) is 0 Å². The summed E-state index contributed by atoms with van der Waals surface area (Å²) in [7, 11) is 3.97. The second kappa shape index (κ2) is 5.83. The molecule has 0 aliphatic carbocycles. The highest BCUT2D eigenvalue weighted by molar-refractivity contribution is 5.54. The summed E-state index contributed by atoms with van der Waals surface area (Å²) in [6.07, 6.45) is 0. The van der Waals surface area contributed by atoms with Gasteiger partial charge < -0.3 is 15.3 Å². The molecule has 0 aliphatic heterocycles. The lowest BCUT2D eigenvalue weighted by Gasteiger charge is -2.37. The molecule has 0 radical (unpaired) electrons. The average Bonchev–Trinajstić information content (AvgIpc) is 2.34. The fourth-order valence-electron chi connectivity index (χ4n) is 2.08. The van der Waals surface area contributed by atoms with Crippen LogP contribution in [0.1, 0.15) is 46.2 Å². The number of nitrogens with one attached hydrogen (secondary N) is 1. The van der Waals surface area contributed by atoms with Crippen LogP contribution in [0.5, 0.6) is 5.75 Å². The molecular weight excluding hydrogens is 236 g/mol. The predicted molar refractivity (Wildman–Crippen MR) is 82.9 cm³/mol. The fourth-order valence-corrected chi connectivity index (χ4v) is 2.08. The van der Waals surface area contributed by atoms with Crippen molar-refractivity contribution in [2.24, 2.45) is 5.41 Å². The fraction of sp³-hybridized carbons (Fsp3) is 0.625. The number of rotatable bonds is 4. The Hall–Kier alpha value is -1.22. The zero-order chi connectivity index (χ0) is 14.8. The van der Waals surface area contributed by atoms with E-state index >= 15 is 0 Å². The molecule has 2 unspecified atom stereocenters. The molecule has 0 fully saturated rings. The molecule has 108 valence electrons. The van der Waals surface area contributed by atoms with Crippen molar-refractivity contribution in [2.75, 3.05) is 19.0 Å². The van der Waals surface area contributed by atoms with Gasteiger partial charge >= 0.3 is 0 Å². The van der Waals surface area contributed by atoms with E-state index in [2.05, 4.69) is 51.0 Å². The summed E-state index contributed by atoms with van der Waals surface area (Å²) in [5.74, 6) is 0.354. The number of phenols is 1. The van der Waals surface area contributed by atoms with Gasteiger partial charge in [0.15, 0.2) is 0 Å². The molecule has 0 saturated carbocycles. The van der Waals surface area contributed by atoms with Gasteiger partial charge in [-0.25, -0.2) is 0 Å². The van der Waals surface area contributed by atoms with Crippen molar-refractivity contribution in [3.8, 4) is 5.75 Å². The zero-order valence-corrected chi connectivity index (χ0v) is 13.3. The van der Waals surface area contributed by atoms with E-state index in [4.69, 9.17) is 0 Å². The van der Waals surface area contributed by atoms with E-state index in [1.165, 1.54) is 0 Å². The quantitative estimate of drug-likeness (QED) is 0.873. The Morgan fingerprint density at radius 1 is 1.21 bits per heavy atom. The van der Waals surface area contributed by atoms with E-state index in [-0.39, 0.29) is 11.5 Å². The summed E-state index contributed by atoms with van der Waals surface area (Å²) in [6, 6.07) is 6.47. The third-order valence-corrected chi connectivity index (χ3v) is 4.16. The molecule has 2 N–H and O–H groups in total. The van der Waals surface area contributed by atoms with E-state index in [9.17, 15) is 5.11 Å². The molecule has 0 aromatic heterocycles. The number of nitrogens with zero attached hydrogens (tertiary/aromatic N) is 1. The van der Waals surface area contributed by atoms with Crippen molar-refractivity contribution < 1.29 is 5.11 Å². The summed E-state index contributed by atoms with van der Waals surface area (Å²) < 4.78 is 0. The van der Waals surface area contributed by atoms with Crippen LogP contribution in [0.25, 0.3) is 0 Å². The van der Waals surface area contributed by atoms with Crippen molar-refractivity contribution in [3.05, 3.63) is 23.8 Å². The smallest absolute Gasteiger partial charge is 0.122 e. The van der Waals surface area contributed by atoms with Gasteiger partial charge in [0.05, 0.1) is 0 Å². The predicted octanol–water partition coefficient (Wildman–Crippen LogP) is 3.54. The van der Waals surface area contributed by atoms with Crippen LogP contribution < -0.4 is 10.2 Å². The van der Waals surface area contributed by atoms with Gasteiger partial charge in [-0.15, -0.1) is 0 Å². The molecule has 19 heavy (non-hydrogen) atoms. The molecule has 0 saturated heterocycles. The van der Waals surface area contributed by atoms with Crippen LogP contribution in [0.2, 0.25) is 0 Å². The average molecular weight is 264 g/mol. The first kappa shape index (κ1) is 15.8. The van der Waals surface area contributed by atoms with Crippen LogP contribution in [-0.2, 0) is 0 Å². The first-order valence-corrected chi connectivity index (χ1v) is 6.91. The first-order valence-electron chi connectivity index (χ1n) is 6.91. The molecular formula is C16H28N2O. The Morgan fingerprint density at radius 2 is 1.79 bits per heavy atom. The Labute approximate surface area is 117 Å². The third-order valence-electron chi connectivity index (χ3n) is 4.16. The molecule has 0 bridgehead atoms. The molecule has 1 aromatic carbocycles. The maximum absolute atomic E-state index is 10.2. The molecule has 3 heteroatoms. The summed E-state index contributed by atoms with van der Waals surface area (Å²) in [5.41, 5.74) is 2.18. The lowest BCUT2D eigenvalue weighted by atomic mass is 9.87. The summed E-state index contributed by atoms with van der Waals surface area (Å²) in [6.45, 7) is 10.9. The zero-order valence-electron chi connectivity index (χ0n) is 13.3. The van der Waals surface area contributed by atoms with Crippen molar-refractivity contribution >= 4 is 5.69 Å². The first-order chi connectivity index (χ1) is 8.68. The molecule has 0 heterocycles. The number of hydrogen-bond donors (Lipinski definition) is 2. The molecule has 1 rings (SSSR count). The van der Waals surface area contributed by atoms with Gasteiger partial charge in [0.1, 0.15) is 5.75 Å². The maximum Gasteiger partial charge on any atom is 0.122 e. The second-order valence-corrected chi connectivity index (χ2v) is 6.41. The number of benzene rings is 1. The van der Waals surface area contributed by atoms with Gasteiger partial charge in [0.2, 0.25) is 0 Å². The van der Waals surface area contributed by atoms with E-state index in [0.29, 0.717) is 11.8 Å². The van der Waals surface area contributed by atoms with Crippen molar-refractivity contribution in [1.82, 2.24) is 5.32 Å². The topological polar surface area (TPSA) is 35.5 Å². The van der Waals surface area contributed by atoms with Crippen LogP contribution >= 0.6 is 0 Å². The highest BCUT2D eigenvalue weighted by atomic mass is 16.3. The summed E-state index contributed by atoms with van der Waals surface area (Å²) in [5, 5.41) is 13.3. The molecule has 1 aromatic rings. The van der Waals surface area contributed by atoms with E-state index < -0.39 is 0 Å².